The third-order valence-electron chi connectivity index (χ3n) is 5.62. The number of pyridine rings is 1. The van der Waals surface area contributed by atoms with Crippen LogP contribution in [-0.4, -0.2) is 29.4 Å². The fourth-order valence-electron chi connectivity index (χ4n) is 4.10. The Hall–Kier alpha value is -2.34. The van der Waals surface area contributed by atoms with E-state index in [-0.39, 0.29) is 11.8 Å². The number of hydrogen-bond donors (Lipinski definition) is 1. The van der Waals surface area contributed by atoms with Crippen molar-refractivity contribution in [1.82, 2.24) is 10.3 Å². The molecule has 0 unspecified atom stereocenters. The van der Waals surface area contributed by atoms with Crippen LogP contribution in [0.2, 0.25) is 0 Å². The highest BCUT2D eigenvalue weighted by Gasteiger charge is 2.27. The van der Waals surface area contributed by atoms with E-state index in [1.807, 2.05) is 30.3 Å². The Morgan fingerprint density at radius 3 is 2.72 bits per heavy atom. The molecule has 2 heterocycles. The Balaban J connectivity index is 1.42. The summed E-state index contributed by atoms with van der Waals surface area (Å²) in [5.41, 5.74) is 1.52. The number of anilines is 1. The molecule has 0 atom stereocenters. The van der Waals surface area contributed by atoms with Crippen LogP contribution in [0.1, 0.15) is 61.7 Å². The fourth-order valence-corrected chi connectivity index (χ4v) is 5.12. The molecule has 0 saturated heterocycles. The van der Waals surface area contributed by atoms with Gasteiger partial charge in [0.25, 0.3) is 5.91 Å². The van der Waals surface area contributed by atoms with Crippen molar-refractivity contribution >= 4 is 29.3 Å². The average molecular weight is 410 g/mol. The lowest BCUT2D eigenvalue weighted by atomic mass is 10.1. The third-order valence-corrected chi connectivity index (χ3v) is 6.70. The summed E-state index contributed by atoms with van der Waals surface area (Å²) < 4.78 is 0. The molecule has 1 fully saturated rings. The van der Waals surface area contributed by atoms with Crippen LogP contribution in [0.4, 0.5) is 5.69 Å². The quantitative estimate of drug-likeness (QED) is 0.720. The Morgan fingerprint density at radius 2 is 1.90 bits per heavy atom. The van der Waals surface area contributed by atoms with Gasteiger partial charge in [-0.1, -0.05) is 49.6 Å². The van der Waals surface area contributed by atoms with Crippen LogP contribution in [-0.2, 0) is 4.79 Å². The standard InChI is InChI=1S/C23H27N3O2S/c27-21(25-17-9-3-1-2-4-10-17)14-8-16-26-19-12-5-6-13-20(19)29-22-18(23(26)28)11-7-15-24-22/h5-7,11-13,15,17H,1-4,8-10,14,16H2,(H,25,27). The van der Waals surface area contributed by atoms with E-state index in [0.717, 1.165) is 28.5 Å². The van der Waals surface area contributed by atoms with E-state index < -0.39 is 0 Å². The Kier molecular flexibility index (Phi) is 6.49. The van der Waals surface area contributed by atoms with Crippen LogP contribution < -0.4 is 10.2 Å². The molecule has 0 radical (unpaired) electrons. The number of rotatable bonds is 5. The molecule has 4 rings (SSSR count). The lowest BCUT2D eigenvalue weighted by Gasteiger charge is -2.23. The van der Waals surface area contributed by atoms with Gasteiger partial charge in [0.1, 0.15) is 5.03 Å². The summed E-state index contributed by atoms with van der Waals surface area (Å²) in [6, 6.07) is 11.9. The van der Waals surface area contributed by atoms with E-state index in [2.05, 4.69) is 10.3 Å². The van der Waals surface area contributed by atoms with E-state index in [1.165, 1.54) is 37.4 Å². The molecule has 0 spiro atoms. The maximum Gasteiger partial charge on any atom is 0.261 e. The molecule has 5 nitrogen and oxygen atoms in total. The fraction of sp³-hybridized carbons (Fsp3) is 0.435. The van der Waals surface area contributed by atoms with Gasteiger partial charge >= 0.3 is 0 Å². The van der Waals surface area contributed by atoms with Crippen molar-refractivity contribution in [3.8, 4) is 0 Å². The van der Waals surface area contributed by atoms with Crippen molar-refractivity contribution in [1.29, 1.82) is 0 Å². The number of benzene rings is 1. The molecule has 1 aliphatic heterocycles. The number of carbonyl (C=O) groups excluding carboxylic acids is 2. The number of amides is 2. The van der Waals surface area contributed by atoms with Crippen molar-refractivity contribution in [2.24, 2.45) is 0 Å². The molecule has 1 saturated carbocycles. The van der Waals surface area contributed by atoms with Crippen molar-refractivity contribution in [2.75, 3.05) is 11.4 Å². The Bertz CT molecular complexity index is 878. The van der Waals surface area contributed by atoms with Gasteiger partial charge in [-0.3, -0.25) is 9.59 Å². The van der Waals surface area contributed by atoms with Crippen molar-refractivity contribution in [3.05, 3.63) is 48.2 Å². The van der Waals surface area contributed by atoms with Crippen LogP contribution in [0.25, 0.3) is 0 Å². The molecular weight excluding hydrogens is 382 g/mol. The predicted molar refractivity (Wildman–Crippen MR) is 115 cm³/mol. The van der Waals surface area contributed by atoms with Crippen LogP contribution in [0.5, 0.6) is 0 Å². The van der Waals surface area contributed by atoms with Gasteiger partial charge in [0.05, 0.1) is 11.3 Å². The molecule has 0 bridgehead atoms. The van der Waals surface area contributed by atoms with Crippen molar-refractivity contribution in [3.63, 3.8) is 0 Å². The van der Waals surface area contributed by atoms with Gasteiger partial charge in [-0.25, -0.2) is 4.98 Å². The monoisotopic (exact) mass is 409 g/mol. The molecule has 1 aromatic carbocycles. The lowest BCUT2D eigenvalue weighted by molar-refractivity contribution is -0.121. The minimum atomic E-state index is -0.0465. The van der Waals surface area contributed by atoms with E-state index in [0.29, 0.717) is 31.0 Å². The SMILES string of the molecule is O=C(CCCN1C(=O)c2cccnc2Sc2ccccc21)NC1CCCCCC1. The maximum atomic E-state index is 13.2. The van der Waals surface area contributed by atoms with Gasteiger partial charge in [-0.15, -0.1) is 0 Å². The average Bonchev–Trinajstić information content (AvgIpc) is 3.05. The number of fused-ring (bicyclic) bond motifs is 2. The first-order valence-electron chi connectivity index (χ1n) is 10.6. The third kappa shape index (κ3) is 4.81. The molecule has 2 aromatic rings. The van der Waals surface area contributed by atoms with Crippen molar-refractivity contribution in [2.45, 2.75) is 67.3 Å². The second-order valence-electron chi connectivity index (χ2n) is 7.74. The van der Waals surface area contributed by atoms with E-state index in [4.69, 9.17) is 0 Å². The highest BCUT2D eigenvalue weighted by atomic mass is 32.2. The smallest absolute Gasteiger partial charge is 0.261 e. The molecule has 2 amide bonds. The number of aromatic nitrogens is 1. The molecular formula is C23H27N3O2S. The summed E-state index contributed by atoms with van der Waals surface area (Å²) in [4.78, 5) is 32.8. The molecule has 6 heteroatoms. The lowest BCUT2D eigenvalue weighted by Crippen LogP contribution is -2.36. The zero-order chi connectivity index (χ0) is 20.1. The first-order chi connectivity index (χ1) is 14.2. The summed E-state index contributed by atoms with van der Waals surface area (Å²) in [5.74, 6) is 0.0543. The molecule has 1 N–H and O–H groups in total. The molecule has 152 valence electrons. The number of carbonyl (C=O) groups is 2. The number of nitrogens with zero attached hydrogens (tertiary/aromatic N) is 2. The summed E-state index contributed by atoms with van der Waals surface area (Å²) >= 11 is 1.52. The first-order valence-corrected chi connectivity index (χ1v) is 11.4. The zero-order valence-corrected chi connectivity index (χ0v) is 17.4. The molecule has 1 aromatic heterocycles. The molecule has 1 aliphatic carbocycles. The minimum Gasteiger partial charge on any atom is -0.353 e. The topological polar surface area (TPSA) is 62.3 Å². The van der Waals surface area contributed by atoms with Gasteiger partial charge < -0.3 is 10.2 Å². The van der Waals surface area contributed by atoms with E-state index >= 15 is 0 Å². The summed E-state index contributed by atoms with van der Waals surface area (Å²) in [5, 5.41) is 3.93. The highest BCUT2D eigenvalue weighted by Crippen LogP contribution is 2.40. The summed E-state index contributed by atoms with van der Waals surface area (Å²) in [6.45, 7) is 0.517. The van der Waals surface area contributed by atoms with Gasteiger partial charge in [-0.05, 0) is 43.5 Å². The molecule has 2 aliphatic rings. The number of para-hydroxylation sites is 1. The number of nitrogens with one attached hydrogen (secondary N) is 1. The van der Waals surface area contributed by atoms with Crippen LogP contribution in [0.15, 0.2) is 52.5 Å². The first kappa shape index (κ1) is 20.0. The van der Waals surface area contributed by atoms with Crippen LogP contribution in [0.3, 0.4) is 0 Å². The Labute approximate surface area is 176 Å². The second kappa shape index (κ2) is 9.44. The van der Waals surface area contributed by atoms with Crippen LogP contribution >= 0.6 is 11.8 Å². The predicted octanol–water partition coefficient (Wildman–Crippen LogP) is 4.81. The Morgan fingerprint density at radius 1 is 1.10 bits per heavy atom. The largest absolute Gasteiger partial charge is 0.353 e. The van der Waals surface area contributed by atoms with Crippen molar-refractivity contribution < 1.29 is 9.59 Å². The highest BCUT2D eigenvalue weighted by molar-refractivity contribution is 7.99. The molecule has 29 heavy (non-hydrogen) atoms. The normalized spacial score (nSPS) is 17.1. The zero-order valence-electron chi connectivity index (χ0n) is 16.6. The van der Waals surface area contributed by atoms with E-state index in [1.54, 1.807) is 17.2 Å². The van der Waals surface area contributed by atoms with Crippen LogP contribution in [0, 0.1) is 0 Å². The second-order valence-corrected chi connectivity index (χ2v) is 8.77. The van der Waals surface area contributed by atoms with Gasteiger partial charge in [0.2, 0.25) is 5.91 Å². The summed E-state index contributed by atoms with van der Waals surface area (Å²) in [6.07, 6.45) is 9.93. The van der Waals surface area contributed by atoms with Gasteiger partial charge in [0, 0.05) is 30.1 Å². The number of hydrogen-bond acceptors (Lipinski definition) is 4. The van der Waals surface area contributed by atoms with Gasteiger partial charge in [-0.2, -0.15) is 0 Å². The minimum absolute atomic E-state index is 0.0465. The summed E-state index contributed by atoms with van der Waals surface area (Å²) in [7, 11) is 0. The van der Waals surface area contributed by atoms with Gasteiger partial charge in [0.15, 0.2) is 0 Å². The maximum absolute atomic E-state index is 13.2. The van der Waals surface area contributed by atoms with E-state index in [9.17, 15) is 9.59 Å².